The van der Waals surface area contributed by atoms with Gasteiger partial charge in [0.25, 0.3) is 0 Å². The highest BCUT2D eigenvalue weighted by molar-refractivity contribution is 5.47. The summed E-state index contributed by atoms with van der Waals surface area (Å²) in [4.78, 5) is 9.24. The summed E-state index contributed by atoms with van der Waals surface area (Å²) in [6.45, 7) is 12.2. The quantitative estimate of drug-likeness (QED) is 0.612. The first-order valence-electron chi connectivity index (χ1n) is 10.4. The average Bonchev–Trinajstić information content (AvgIpc) is 2.75. The van der Waals surface area contributed by atoms with Crippen LogP contribution in [0.4, 0.5) is 0 Å². The lowest BCUT2D eigenvalue weighted by atomic mass is 10.1. The lowest BCUT2D eigenvalue weighted by Crippen LogP contribution is -2.41. The maximum Gasteiger partial charge on any atom is 0.161 e. The van der Waals surface area contributed by atoms with Crippen LogP contribution in [0.25, 0.3) is 0 Å². The summed E-state index contributed by atoms with van der Waals surface area (Å²) in [5.74, 6) is 1.60. The number of ether oxygens (including phenoxy) is 3. The summed E-state index contributed by atoms with van der Waals surface area (Å²) in [6, 6.07) is 8.34. The molecule has 29 heavy (non-hydrogen) atoms. The van der Waals surface area contributed by atoms with Crippen LogP contribution in [0.1, 0.15) is 23.6 Å². The second-order valence-corrected chi connectivity index (χ2v) is 7.39. The van der Waals surface area contributed by atoms with Crippen molar-refractivity contribution in [1.29, 1.82) is 0 Å². The van der Waals surface area contributed by atoms with E-state index in [-0.39, 0.29) is 0 Å². The Morgan fingerprint density at radius 2 is 2.00 bits per heavy atom. The normalized spacial score (nSPS) is 14.9. The van der Waals surface area contributed by atoms with Gasteiger partial charge in [0.15, 0.2) is 11.5 Å². The van der Waals surface area contributed by atoms with Crippen LogP contribution in [0, 0.1) is 6.92 Å². The Labute approximate surface area is 174 Å². The molecule has 6 nitrogen and oxygen atoms in total. The molecule has 1 saturated heterocycles. The molecule has 1 aliphatic rings. The summed E-state index contributed by atoms with van der Waals surface area (Å²) < 4.78 is 16.8. The van der Waals surface area contributed by atoms with Crippen molar-refractivity contribution < 1.29 is 14.2 Å². The van der Waals surface area contributed by atoms with Crippen LogP contribution in [0.15, 0.2) is 36.7 Å². The topological polar surface area (TPSA) is 47.1 Å². The van der Waals surface area contributed by atoms with Crippen molar-refractivity contribution in [3.8, 4) is 11.5 Å². The van der Waals surface area contributed by atoms with Crippen molar-refractivity contribution in [2.45, 2.75) is 26.9 Å². The minimum atomic E-state index is 0.620. The predicted molar refractivity (Wildman–Crippen MR) is 115 cm³/mol. The summed E-state index contributed by atoms with van der Waals surface area (Å²) in [5, 5.41) is 0. The Hall–Kier alpha value is -2.15. The smallest absolute Gasteiger partial charge is 0.161 e. The summed E-state index contributed by atoms with van der Waals surface area (Å²) in [5.41, 5.74) is 3.71. The third kappa shape index (κ3) is 6.42. The van der Waals surface area contributed by atoms with Gasteiger partial charge in [0.1, 0.15) is 0 Å². The first-order valence-corrected chi connectivity index (χ1v) is 10.4. The molecule has 0 N–H and O–H groups in total. The average molecular weight is 400 g/mol. The van der Waals surface area contributed by atoms with E-state index in [2.05, 4.69) is 39.9 Å². The molecule has 6 heteroatoms. The van der Waals surface area contributed by atoms with E-state index in [1.165, 1.54) is 16.7 Å². The van der Waals surface area contributed by atoms with Crippen LogP contribution < -0.4 is 9.47 Å². The van der Waals surface area contributed by atoms with Gasteiger partial charge < -0.3 is 14.2 Å². The lowest BCUT2D eigenvalue weighted by molar-refractivity contribution is 0.0324. The number of aryl methyl sites for hydroxylation is 1. The molecular weight excluding hydrogens is 366 g/mol. The Morgan fingerprint density at radius 1 is 1.17 bits per heavy atom. The largest absolute Gasteiger partial charge is 0.493 e. The van der Waals surface area contributed by atoms with E-state index in [1.807, 2.05) is 25.4 Å². The van der Waals surface area contributed by atoms with Crippen LogP contribution >= 0.6 is 0 Å². The fraction of sp³-hybridized carbons (Fsp3) is 0.522. The third-order valence-electron chi connectivity index (χ3n) is 5.28. The SMILES string of the molecule is CCOc1cc(CN(CCN2CCOCC2)Cc2cccnc2)c(C)cc1OC. The monoisotopic (exact) mass is 399 g/mol. The second kappa shape index (κ2) is 11.1. The molecule has 1 aromatic carbocycles. The molecule has 3 rings (SSSR count). The molecule has 0 amide bonds. The zero-order chi connectivity index (χ0) is 20.5. The van der Waals surface area contributed by atoms with E-state index < -0.39 is 0 Å². The van der Waals surface area contributed by atoms with Crippen LogP contribution in [-0.2, 0) is 17.8 Å². The van der Waals surface area contributed by atoms with Crippen LogP contribution in [0.2, 0.25) is 0 Å². The molecule has 1 fully saturated rings. The van der Waals surface area contributed by atoms with Gasteiger partial charge in [0, 0.05) is 51.7 Å². The molecule has 0 aliphatic carbocycles. The fourth-order valence-corrected chi connectivity index (χ4v) is 3.61. The van der Waals surface area contributed by atoms with Crippen LogP contribution in [0.3, 0.4) is 0 Å². The van der Waals surface area contributed by atoms with Gasteiger partial charge in [-0.1, -0.05) is 6.07 Å². The molecular formula is C23H33N3O3. The third-order valence-corrected chi connectivity index (χ3v) is 5.28. The number of methoxy groups -OCH3 is 1. The van der Waals surface area contributed by atoms with Gasteiger partial charge in [-0.2, -0.15) is 0 Å². The number of hydrogen-bond donors (Lipinski definition) is 0. The molecule has 0 bridgehead atoms. The number of benzene rings is 1. The van der Waals surface area contributed by atoms with Crippen molar-refractivity contribution >= 4 is 0 Å². The Kier molecular flexibility index (Phi) is 8.28. The lowest BCUT2D eigenvalue weighted by Gasteiger charge is -2.30. The highest BCUT2D eigenvalue weighted by Gasteiger charge is 2.16. The summed E-state index contributed by atoms with van der Waals surface area (Å²) in [7, 11) is 1.69. The van der Waals surface area contributed by atoms with Crippen molar-refractivity contribution in [3.05, 3.63) is 53.3 Å². The molecule has 0 spiro atoms. The molecule has 0 unspecified atom stereocenters. The Bertz CT molecular complexity index is 749. The van der Waals surface area contributed by atoms with Crippen molar-refractivity contribution in [2.75, 3.05) is 53.1 Å². The molecule has 1 aromatic heterocycles. The highest BCUT2D eigenvalue weighted by atomic mass is 16.5. The summed E-state index contributed by atoms with van der Waals surface area (Å²) >= 11 is 0. The van der Waals surface area contributed by atoms with E-state index in [4.69, 9.17) is 14.2 Å². The predicted octanol–water partition coefficient (Wildman–Crippen LogP) is 3.13. The number of nitrogens with zero attached hydrogens (tertiary/aromatic N) is 3. The van der Waals surface area contributed by atoms with Gasteiger partial charge in [-0.15, -0.1) is 0 Å². The molecule has 0 radical (unpaired) electrons. The fourth-order valence-electron chi connectivity index (χ4n) is 3.61. The number of aromatic nitrogens is 1. The van der Waals surface area contributed by atoms with Gasteiger partial charge in [-0.05, 0) is 48.7 Å². The van der Waals surface area contributed by atoms with Gasteiger partial charge in [0.2, 0.25) is 0 Å². The second-order valence-electron chi connectivity index (χ2n) is 7.39. The molecule has 0 saturated carbocycles. The van der Waals surface area contributed by atoms with Gasteiger partial charge in [-0.25, -0.2) is 0 Å². The number of hydrogen-bond acceptors (Lipinski definition) is 6. The maximum atomic E-state index is 5.80. The maximum absolute atomic E-state index is 5.80. The van der Waals surface area contributed by atoms with Crippen molar-refractivity contribution in [2.24, 2.45) is 0 Å². The standard InChI is InChI=1S/C23H33N3O3/c1-4-29-23-15-21(19(2)14-22(23)27-3)18-26(17-20-6-5-7-24-16-20)9-8-25-10-12-28-13-11-25/h5-7,14-16H,4,8-13,17-18H2,1-3H3. The number of pyridine rings is 1. The van der Waals surface area contributed by atoms with E-state index >= 15 is 0 Å². The van der Waals surface area contributed by atoms with E-state index in [9.17, 15) is 0 Å². The zero-order valence-electron chi connectivity index (χ0n) is 17.9. The molecule has 1 aliphatic heterocycles. The van der Waals surface area contributed by atoms with Crippen LogP contribution in [0.5, 0.6) is 11.5 Å². The first-order chi connectivity index (χ1) is 14.2. The van der Waals surface area contributed by atoms with Crippen LogP contribution in [-0.4, -0.2) is 67.9 Å². The molecule has 158 valence electrons. The summed E-state index contributed by atoms with van der Waals surface area (Å²) in [6.07, 6.45) is 3.78. The Morgan fingerprint density at radius 3 is 2.69 bits per heavy atom. The highest BCUT2D eigenvalue weighted by Crippen LogP contribution is 2.31. The minimum Gasteiger partial charge on any atom is -0.493 e. The van der Waals surface area contributed by atoms with Gasteiger partial charge in [0.05, 0.1) is 26.9 Å². The van der Waals surface area contributed by atoms with Gasteiger partial charge in [-0.3, -0.25) is 14.8 Å². The molecule has 2 heterocycles. The molecule has 0 atom stereocenters. The number of morpholine rings is 1. The van der Waals surface area contributed by atoms with E-state index in [1.54, 1.807) is 7.11 Å². The van der Waals surface area contributed by atoms with E-state index in [0.29, 0.717) is 6.61 Å². The van der Waals surface area contributed by atoms with Crippen molar-refractivity contribution in [3.63, 3.8) is 0 Å². The number of rotatable bonds is 10. The van der Waals surface area contributed by atoms with Crippen molar-refractivity contribution in [1.82, 2.24) is 14.8 Å². The zero-order valence-corrected chi connectivity index (χ0v) is 17.9. The molecule has 2 aromatic rings. The Balaban J connectivity index is 1.75. The minimum absolute atomic E-state index is 0.620. The first kappa shape index (κ1) is 21.6. The van der Waals surface area contributed by atoms with E-state index in [0.717, 1.165) is 64.0 Å². The van der Waals surface area contributed by atoms with Gasteiger partial charge >= 0.3 is 0 Å².